The predicted octanol–water partition coefficient (Wildman–Crippen LogP) is 1.08. The zero-order valence-corrected chi connectivity index (χ0v) is 12.5. The Morgan fingerprint density at radius 1 is 1.43 bits per heavy atom. The number of rotatable bonds is 4. The van der Waals surface area contributed by atoms with Crippen LogP contribution in [-0.4, -0.2) is 39.4 Å². The lowest BCUT2D eigenvalue weighted by molar-refractivity contribution is 0.0603. The van der Waals surface area contributed by atoms with E-state index >= 15 is 0 Å². The quantitative estimate of drug-likeness (QED) is 0.811. The second-order valence-corrected chi connectivity index (χ2v) is 4.46. The zero-order valence-electron chi connectivity index (χ0n) is 12.5. The number of anilines is 2. The first-order chi connectivity index (χ1) is 9.97. The molecule has 0 saturated carbocycles. The molecule has 0 spiro atoms. The molecule has 2 aromatic rings. The molecule has 0 aliphatic rings. The minimum Gasteiger partial charge on any atom is -0.465 e. The number of nitrogens with zero attached hydrogens (tertiary/aromatic N) is 4. The Morgan fingerprint density at radius 3 is 2.71 bits per heavy atom. The fourth-order valence-electron chi connectivity index (χ4n) is 2.01. The van der Waals surface area contributed by atoms with E-state index in [9.17, 15) is 4.79 Å². The van der Waals surface area contributed by atoms with E-state index in [4.69, 9.17) is 10.5 Å². The maximum atomic E-state index is 11.9. The van der Waals surface area contributed by atoms with Gasteiger partial charge in [-0.3, -0.25) is 0 Å². The lowest BCUT2D eigenvalue weighted by Crippen LogP contribution is -2.10. The van der Waals surface area contributed by atoms with E-state index in [1.807, 2.05) is 13.8 Å². The van der Waals surface area contributed by atoms with Gasteiger partial charge in [-0.05, 0) is 20.8 Å². The highest BCUT2D eigenvalue weighted by molar-refractivity contribution is 5.99. The zero-order chi connectivity index (χ0) is 15.6. The van der Waals surface area contributed by atoms with E-state index in [0.717, 1.165) is 5.69 Å². The number of hydrogen-bond donors (Lipinski definition) is 2. The minimum atomic E-state index is -0.544. The number of aromatic nitrogens is 4. The monoisotopic (exact) mass is 290 g/mol. The first-order valence-electron chi connectivity index (χ1n) is 6.51. The number of nitrogens with one attached hydrogen (secondary N) is 1. The molecular weight excluding hydrogens is 272 g/mol. The van der Waals surface area contributed by atoms with E-state index in [1.54, 1.807) is 13.0 Å². The van der Waals surface area contributed by atoms with Gasteiger partial charge in [0.25, 0.3) is 0 Å². The summed E-state index contributed by atoms with van der Waals surface area (Å²) in [6.07, 6.45) is 0. The van der Waals surface area contributed by atoms with Crippen molar-refractivity contribution in [3.63, 3.8) is 0 Å². The van der Waals surface area contributed by atoms with E-state index in [1.165, 1.54) is 11.8 Å². The second-order valence-electron chi connectivity index (χ2n) is 4.46. The average molecular weight is 290 g/mol. The van der Waals surface area contributed by atoms with Crippen molar-refractivity contribution in [2.24, 2.45) is 0 Å². The van der Waals surface area contributed by atoms with Crippen molar-refractivity contribution in [2.75, 3.05) is 24.7 Å². The van der Waals surface area contributed by atoms with Crippen molar-refractivity contribution in [1.82, 2.24) is 19.7 Å². The molecule has 0 radical (unpaired) electrons. The number of nitrogens with two attached hydrogens (primary N) is 1. The van der Waals surface area contributed by atoms with Gasteiger partial charge in [0.2, 0.25) is 0 Å². The number of aryl methyl sites for hydroxylation is 2. The van der Waals surface area contributed by atoms with Crippen LogP contribution in [0, 0.1) is 13.8 Å². The van der Waals surface area contributed by atoms with Crippen LogP contribution in [0.4, 0.5) is 11.6 Å². The number of hydrogen-bond acceptors (Lipinski definition) is 7. The molecule has 0 amide bonds. The third kappa shape index (κ3) is 2.78. The standard InChI is InChI=1S/C13H18N6O2/c1-5-15-12-10(13(20)21-4)11(14)19(18-12)9-6-7(2)16-8(3)17-9/h6H,5,14H2,1-4H3,(H,15,18). The van der Waals surface area contributed by atoms with Crippen LogP contribution in [0.15, 0.2) is 6.07 Å². The molecule has 0 fully saturated rings. The molecule has 0 bridgehead atoms. The van der Waals surface area contributed by atoms with Crippen LogP contribution >= 0.6 is 0 Å². The lowest BCUT2D eigenvalue weighted by Gasteiger charge is -2.05. The minimum absolute atomic E-state index is 0.176. The Labute approximate surface area is 122 Å². The molecule has 3 N–H and O–H groups in total. The van der Waals surface area contributed by atoms with E-state index in [2.05, 4.69) is 20.4 Å². The highest BCUT2D eigenvalue weighted by Gasteiger charge is 2.24. The van der Waals surface area contributed by atoms with Gasteiger partial charge in [-0.15, -0.1) is 5.10 Å². The van der Waals surface area contributed by atoms with Gasteiger partial charge >= 0.3 is 5.97 Å². The van der Waals surface area contributed by atoms with Crippen LogP contribution < -0.4 is 11.1 Å². The summed E-state index contributed by atoms with van der Waals surface area (Å²) in [5.41, 5.74) is 7.03. The van der Waals surface area contributed by atoms with Crippen molar-refractivity contribution in [3.05, 3.63) is 23.1 Å². The van der Waals surface area contributed by atoms with Crippen LogP contribution in [0.3, 0.4) is 0 Å². The Kier molecular flexibility index (Phi) is 4.06. The molecule has 0 aliphatic heterocycles. The first kappa shape index (κ1) is 14.8. The largest absolute Gasteiger partial charge is 0.465 e. The molecule has 0 unspecified atom stereocenters. The summed E-state index contributed by atoms with van der Waals surface area (Å²) in [7, 11) is 1.30. The molecule has 8 heteroatoms. The summed E-state index contributed by atoms with van der Waals surface area (Å²) >= 11 is 0. The molecular formula is C13H18N6O2. The molecule has 0 aliphatic carbocycles. The topological polar surface area (TPSA) is 108 Å². The van der Waals surface area contributed by atoms with Gasteiger partial charge in [0.05, 0.1) is 7.11 Å². The molecule has 8 nitrogen and oxygen atoms in total. The molecule has 2 rings (SSSR count). The highest BCUT2D eigenvalue weighted by atomic mass is 16.5. The third-order valence-corrected chi connectivity index (χ3v) is 2.82. The summed E-state index contributed by atoms with van der Waals surface area (Å²) in [6, 6.07) is 1.74. The molecule has 0 aromatic carbocycles. The van der Waals surface area contributed by atoms with Crippen molar-refractivity contribution < 1.29 is 9.53 Å². The number of nitrogen functional groups attached to an aromatic ring is 1. The van der Waals surface area contributed by atoms with Crippen molar-refractivity contribution >= 4 is 17.6 Å². The van der Waals surface area contributed by atoms with Gasteiger partial charge < -0.3 is 15.8 Å². The molecule has 0 atom stereocenters. The van der Waals surface area contributed by atoms with Gasteiger partial charge in [-0.25, -0.2) is 14.8 Å². The smallest absolute Gasteiger partial charge is 0.345 e. The lowest BCUT2D eigenvalue weighted by atomic mass is 10.3. The summed E-state index contributed by atoms with van der Waals surface area (Å²) < 4.78 is 6.16. The number of ether oxygens (including phenoxy) is 1. The fraction of sp³-hybridized carbons (Fsp3) is 0.385. The fourth-order valence-corrected chi connectivity index (χ4v) is 2.01. The summed E-state index contributed by atoms with van der Waals surface area (Å²) in [5, 5.41) is 7.31. The summed E-state index contributed by atoms with van der Waals surface area (Å²) in [5.74, 6) is 1.11. The van der Waals surface area contributed by atoms with E-state index < -0.39 is 5.97 Å². The van der Waals surface area contributed by atoms with Crippen LogP contribution in [0.2, 0.25) is 0 Å². The van der Waals surface area contributed by atoms with Gasteiger partial charge in [-0.2, -0.15) is 4.68 Å². The van der Waals surface area contributed by atoms with Crippen molar-refractivity contribution in [1.29, 1.82) is 0 Å². The van der Waals surface area contributed by atoms with Crippen molar-refractivity contribution in [2.45, 2.75) is 20.8 Å². The summed E-state index contributed by atoms with van der Waals surface area (Å²) in [4.78, 5) is 20.4. The van der Waals surface area contributed by atoms with Crippen LogP contribution in [0.1, 0.15) is 28.8 Å². The molecule has 0 saturated heterocycles. The number of methoxy groups -OCH3 is 1. The SMILES string of the molecule is CCNc1nn(-c2cc(C)nc(C)n2)c(N)c1C(=O)OC. The Hall–Kier alpha value is -2.64. The molecule has 2 heterocycles. The van der Waals surface area contributed by atoms with Crippen LogP contribution in [0.5, 0.6) is 0 Å². The normalized spacial score (nSPS) is 10.5. The van der Waals surface area contributed by atoms with Gasteiger partial charge in [-0.1, -0.05) is 0 Å². The van der Waals surface area contributed by atoms with Crippen LogP contribution in [-0.2, 0) is 4.74 Å². The van der Waals surface area contributed by atoms with Gasteiger partial charge in [0, 0.05) is 18.3 Å². The average Bonchev–Trinajstić information content (AvgIpc) is 2.74. The molecule has 21 heavy (non-hydrogen) atoms. The number of esters is 1. The van der Waals surface area contributed by atoms with Gasteiger partial charge in [0.1, 0.15) is 17.2 Å². The second kappa shape index (κ2) is 5.78. The summed E-state index contributed by atoms with van der Waals surface area (Å²) in [6.45, 7) is 6.13. The Morgan fingerprint density at radius 2 is 2.14 bits per heavy atom. The third-order valence-electron chi connectivity index (χ3n) is 2.82. The highest BCUT2D eigenvalue weighted by Crippen LogP contribution is 2.25. The molecule has 112 valence electrons. The maximum absolute atomic E-state index is 11.9. The first-order valence-corrected chi connectivity index (χ1v) is 6.51. The van der Waals surface area contributed by atoms with E-state index in [0.29, 0.717) is 24.0 Å². The Bertz CT molecular complexity index is 659. The Balaban J connectivity index is 2.61. The number of carbonyl (C=O) groups excluding carboxylic acids is 1. The number of carbonyl (C=O) groups is 1. The maximum Gasteiger partial charge on any atom is 0.345 e. The van der Waals surface area contributed by atoms with Gasteiger partial charge in [0.15, 0.2) is 11.6 Å². The van der Waals surface area contributed by atoms with Crippen molar-refractivity contribution in [3.8, 4) is 5.82 Å². The molecule has 2 aromatic heterocycles. The predicted molar refractivity (Wildman–Crippen MR) is 78.5 cm³/mol. The van der Waals surface area contributed by atoms with E-state index in [-0.39, 0.29) is 11.4 Å². The van der Waals surface area contributed by atoms with Crippen LogP contribution in [0.25, 0.3) is 5.82 Å².